The van der Waals surface area contributed by atoms with E-state index in [4.69, 9.17) is 5.11 Å². The summed E-state index contributed by atoms with van der Waals surface area (Å²) < 4.78 is 0. The lowest BCUT2D eigenvalue weighted by atomic mass is 10.2. The van der Waals surface area contributed by atoms with Gasteiger partial charge in [-0.25, -0.2) is 0 Å². The first kappa shape index (κ1) is 20.1. The number of hydrogen-bond donors (Lipinski definition) is 2. The monoisotopic (exact) mass is 426 g/mol. The average Bonchev–Trinajstić information content (AvgIpc) is 3.39. The Hall–Kier alpha value is -3.17. The highest BCUT2D eigenvalue weighted by atomic mass is 32.1. The van der Waals surface area contributed by atoms with Crippen LogP contribution in [0.25, 0.3) is 0 Å². The molecule has 0 bridgehead atoms. The Morgan fingerprint density at radius 1 is 1.07 bits per heavy atom. The van der Waals surface area contributed by atoms with Gasteiger partial charge < -0.3 is 20.2 Å². The number of piperazine rings is 1. The Morgan fingerprint density at radius 3 is 2.43 bits per heavy atom. The topological polar surface area (TPSA) is 93.2 Å². The van der Waals surface area contributed by atoms with Crippen LogP contribution in [0.5, 0.6) is 0 Å². The van der Waals surface area contributed by atoms with Gasteiger partial charge in [-0.1, -0.05) is 6.07 Å². The number of thiophene rings is 1. The van der Waals surface area contributed by atoms with Crippen LogP contribution >= 0.6 is 11.3 Å². The fourth-order valence-corrected chi connectivity index (χ4v) is 4.24. The number of nitrogens with one attached hydrogen (secondary N) is 1. The number of carbonyl (C=O) groups is 3. The third kappa shape index (κ3) is 4.07. The van der Waals surface area contributed by atoms with Gasteiger partial charge in [-0.15, -0.1) is 11.3 Å². The fourth-order valence-electron chi connectivity index (χ4n) is 3.54. The number of β-amino-alcohol motifs (C(OH)–C–C–N with tert-alkyl or cyclic N) is 1. The lowest BCUT2D eigenvalue weighted by Gasteiger charge is -2.36. The van der Waals surface area contributed by atoms with Crippen LogP contribution in [0, 0.1) is 0 Å². The van der Waals surface area contributed by atoms with Crippen molar-refractivity contribution in [2.24, 2.45) is 0 Å². The van der Waals surface area contributed by atoms with Crippen molar-refractivity contribution >= 4 is 40.4 Å². The maximum atomic E-state index is 12.5. The van der Waals surface area contributed by atoms with Gasteiger partial charge in [0.2, 0.25) is 0 Å². The van der Waals surface area contributed by atoms with E-state index in [-0.39, 0.29) is 24.8 Å². The Kier molecular flexibility index (Phi) is 5.82. The molecular weight excluding hydrogens is 404 g/mol. The normalized spacial score (nSPS) is 16.8. The van der Waals surface area contributed by atoms with Crippen molar-refractivity contribution in [1.82, 2.24) is 9.80 Å². The number of amides is 3. The molecule has 4 rings (SSSR count). The second kappa shape index (κ2) is 8.68. The number of benzene rings is 1. The summed E-state index contributed by atoms with van der Waals surface area (Å²) >= 11 is 1.46. The second-order valence-electron chi connectivity index (χ2n) is 7.01. The molecule has 2 N–H and O–H groups in total. The molecule has 3 heterocycles. The summed E-state index contributed by atoms with van der Waals surface area (Å²) in [6, 6.07) is 11.3. The molecule has 0 radical (unpaired) electrons. The predicted octanol–water partition coefficient (Wildman–Crippen LogP) is 1.37. The molecule has 1 aromatic carbocycles. The third-order valence-corrected chi connectivity index (χ3v) is 6.00. The quantitative estimate of drug-likeness (QED) is 0.678. The summed E-state index contributed by atoms with van der Waals surface area (Å²) in [7, 11) is 0. The van der Waals surface area contributed by atoms with Gasteiger partial charge in [0.15, 0.2) is 0 Å². The van der Waals surface area contributed by atoms with E-state index in [1.165, 1.54) is 17.4 Å². The number of nitrogens with zero attached hydrogens (tertiary/aromatic N) is 3. The predicted molar refractivity (Wildman–Crippen MR) is 114 cm³/mol. The maximum absolute atomic E-state index is 12.5. The lowest BCUT2D eigenvalue weighted by Crippen LogP contribution is -2.48. The number of aliphatic hydroxyl groups is 1. The summed E-state index contributed by atoms with van der Waals surface area (Å²) in [5.74, 6) is -0.781. The number of rotatable bonds is 6. The molecule has 1 fully saturated rings. The van der Waals surface area contributed by atoms with Crippen LogP contribution in [0.3, 0.4) is 0 Å². The van der Waals surface area contributed by atoms with Gasteiger partial charge >= 0.3 is 0 Å². The van der Waals surface area contributed by atoms with Crippen LogP contribution in [0.4, 0.5) is 11.4 Å². The van der Waals surface area contributed by atoms with Crippen molar-refractivity contribution in [3.63, 3.8) is 0 Å². The number of hydrogen-bond acceptors (Lipinski definition) is 7. The molecule has 0 saturated carbocycles. The molecule has 0 atom stereocenters. The zero-order chi connectivity index (χ0) is 21.1. The van der Waals surface area contributed by atoms with Crippen molar-refractivity contribution in [2.45, 2.75) is 0 Å². The Labute approximate surface area is 178 Å². The largest absolute Gasteiger partial charge is 0.395 e. The molecule has 156 valence electrons. The number of carbonyl (C=O) groups excluding carboxylic acids is 3. The van der Waals surface area contributed by atoms with E-state index in [0.29, 0.717) is 18.8 Å². The average molecular weight is 426 g/mol. The van der Waals surface area contributed by atoms with E-state index in [9.17, 15) is 14.4 Å². The first-order valence-corrected chi connectivity index (χ1v) is 10.6. The van der Waals surface area contributed by atoms with Crippen LogP contribution in [0.1, 0.15) is 9.67 Å². The Bertz CT molecular complexity index is 963. The van der Waals surface area contributed by atoms with Gasteiger partial charge in [0.25, 0.3) is 17.7 Å². The van der Waals surface area contributed by atoms with Gasteiger partial charge in [0.1, 0.15) is 5.70 Å². The van der Waals surface area contributed by atoms with Gasteiger partial charge in [0.05, 0.1) is 18.0 Å². The molecule has 30 heavy (non-hydrogen) atoms. The molecular formula is C21H22N4O4S. The molecule has 0 unspecified atom stereocenters. The molecule has 8 nitrogen and oxygen atoms in total. The van der Waals surface area contributed by atoms with Crippen molar-refractivity contribution in [3.8, 4) is 0 Å². The minimum Gasteiger partial charge on any atom is -0.395 e. The van der Waals surface area contributed by atoms with Crippen molar-refractivity contribution in [2.75, 3.05) is 49.5 Å². The van der Waals surface area contributed by atoms with E-state index < -0.39 is 11.8 Å². The molecule has 1 saturated heterocycles. The zero-order valence-electron chi connectivity index (χ0n) is 16.3. The fraction of sp³-hybridized carbons (Fsp3) is 0.286. The van der Waals surface area contributed by atoms with E-state index in [0.717, 1.165) is 28.6 Å². The van der Waals surface area contributed by atoms with Crippen LogP contribution < -0.4 is 10.2 Å². The molecule has 2 aliphatic rings. The Morgan fingerprint density at radius 2 is 1.80 bits per heavy atom. The van der Waals surface area contributed by atoms with E-state index in [1.54, 1.807) is 0 Å². The SMILES string of the molecule is O=C(c1cccs1)N1CCN(c2ccc(NC3=CC(=O)N(CCO)C3=O)cc2)CC1. The summed E-state index contributed by atoms with van der Waals surface area (Å²) in [5, 5.41) is 13.9. The highest BCUT2D eigenvalue weighted by Gasteiger charge is 2.30. The second-order valence-corrected chi connectivity index (χ2v) is 7.95. The van der Waals surface area contributed by atoms with Crippen molar-refractivity contribution in [3.05, 3.63) is 58.4 Å². The molecule has 9 heteroatoms. The number of anilines is 2. The van der Waals surface area contributed by atoms with Gasteiger partial charge in [-0.3, -0.25) is 19.3 Å². The maximum Gasteiger partial charge on any atom is 0.277 e. The van der Waals surface area contributed by atoms with Crippen molar-refractivity contribution < 1.29 is 19.5 Å². The molecule has 2 aromatic rings. The lowest BCUT2D eigenvalue weighted by molar-refractivity contribution is -0.137. The molecule has 2 aliphatic heterocycles. The van der Waals surface area contributed by atoms with Crippen LogP contribution in [0.2, 0.25) is 0 Å². The number of imide groups is 1. The molecule has 0 aliphatic carbocycles. The first-order chi connectivity index (χ1) is 14.6. The van der Waals surface area contributed by atoms with Gasteiger partial charge in [-0.05, 0) is 35.7 Å². The number of aliphatic hydroxyl groups excluding tert-OH is 1. The molecule has 3 amide bonds. The minimum absolute atomic E-state index is 0.0146. The highest BCUT2D eigenvalue weighted by Crippen LogP contribution is 2.23. The van der Waals surface area contributed by atoms with E-state index in [1.807, 2.05) is 46.7 Å². The molecule has 0 spiro atoms. The van der Waals surface area contributed by atoms with Crippen molar-refractivity contribution in [1.29, 1.82) is 0 Å². The zero-order valence-corrected chi connectivity index (χ0v) is 17.1. The smallest absolute Gasteiger partial charge is 0.277 e. The van der Waals surface area contributed by atoms with Crippen LogP contribution in [-0.2, 0) is 9.59 Å². The van der Waals surface area contributed by atoms with Gasteiger partial charge in [-0.2, -0.15) is 0 Å². The summed E-state index contributed by atoms with van der Waals surface area (Å²) in [4.78, 5) is 42.4. The standard InChI is InChI=1S/C21H22N4O4S/c26-12-11-25-19(27)14-17(20(25)28)22-15-3-5-16(6-4-15)23-7-9-24(10-8-23)21(29)18-2-1-13-30-18/h1-6,13-14,22,26H,7-12H2. The summed E-state index contributed by atoms with van der Waals surface area (Å²) in [5.41, 5.74) is 1.93. The Balaban J connectivity index is 1.33. The highest BCUT2D eigenvalue weighted by molar-refractivity contribution is 7.12. The summed E-state index contributed by atoms with van der Waals surface area (Å²) in [6.45, 7) is 2.55. The first-order valence-electron chi connectivity index (χ1n) is 9.70. The van der Waals surface area contributed by atoms with Crippen LogP contribution in [-0.4, -0.2) is 72.0 Å². The van der Waals surface area contributed by atoms with E-state index >= 15 is 0 Å². The van der Waals surface area contributed by atoms with E-state index in [2.05, 4.69) is 10.2 Å². The van der Waals surface area contributed by atoms with Gasteiger partial charge in [0, 0.05) is 43.6 Å². The third-order valence-electron chi connectivity index (χ3n) is 5.14. The minimum atomic E-state index is -0.440. The summed E-state index contributed by atoms with van der Waals surface area (Å²) in [6.07, 6.45) is 1.25. The van der Waals surface area contributed by atoms with Crippen LogP contribution in [0.15, 0.2) is 53.6 Å². The molecule has 1 aromatic heterocycles.